The molecule has 0 heterocycles. The van der Waals surface area contributed by atoms with E-state index in [1.54, 1.807) is 0 Å². The smallest absolute Gasteiger partial charge is 0.327 e. The van der Waals surface area contributed by atoms with E-state index >= 15 is 0 Å². The molecule has 2 fully saturated rings. The van der Waals surface area contributed by atoms with Gasteiger partial charge in [-0.2, -0.15) is 0 Å². The minimum Gasteiger partial charge on any atom is -0.449 e. The number of rotatable bonds is 7. The Balaban J connectivity index is 1.53. The van der Waals surface area contributed by atoms with Crippen LogP contribution in [0.2, 0.25) is 24.2 Å². The van der Waals surface area contributed by atoms with Crippen molar-refractivity contribution in [1.82, 2.24) is 0 Å². The van der Waals surface area contributed by atoms with Crippen molar-refractivity contribution in [2.75, 3.05) is 0 Å². The largest absolute Gasteiger partial charge is 0.449 e. The molecule has 0 aromatic rings. The first kappa shape index (κ1) is 17.6. The van der Waals surface area contributed by atoms with E-state index in [-0.39, 0.29) is 0 Å². The van der Waals surface area contributed by atoms with Crippen LogP contribution in [0.5, 0.6) is 0 Å². The minimum absolute atomic E-state index is 0.343. The number of hydrogen-bond acceptors (Lipinski definition) is 4. The molecule has 0 radical (unpaired) electrons. The van der Waals surface area contributed by atoms with Crippen molar-refractivity contribution in [3.05, 3.63) is 24.3 Å². The van der Waals surface area contributed by atoms with Crippen molar-refractivity contribution >= 4 is 37.6 Å². The van der Waals surface area contributed by atoms with Crippen LogP contribution in [0.4, 0.5) is 0 Å². The fraction of sp³-hybridized carbons (Fsp3) is 0.750. The average molecular weight is 399 g/mol. The molecule has 8 unspecified atom stereocenters. The van der Waals surface area contributed by atoms with Gasteiger partial charge in [-0.15, -0.1) is 0 Å². The van der Waals surface area contributed by atoms with Gasteiger partial charge in [-0.3, -0.25) is 0 Å². The predicted molar refractivity (Wildman–Crippen MR) is 105 cm³/mol. The summed E-state index contributed by atoms with van der Waals surface area (Å²) in [6.45, 7) is 4.23. The quantitative estimate of drug-likeness (QED) is 0.520. The van der Waals surface area contributed by atoms with Gasteiger partial charge in [-0.1, -0.05) is 24.3 Å². The molecule has 134 valence electrons. The highest BCUT2D eigenvalue weighted by molar-refractivity contribution is 6.82. The number of hydrogen-bond donors (Lipinski definition) is 1. The molecule has 0 saturated heterocycles. The predicted octanol–water partition coefficient (Wildman–Crippen LogP) is 1.38. The molecule has 0 aromatic heterocycles. The van der Waals surface area contributed by atoms with Crippen molar-refractivity contribution in [2.24, 2.45) is 23.7 Å². The standard InChI is InChI=1S/C16H30O4Si4/c1-23(17,15-9-11-3-5-13(15)7-11)20-24(2,19-22-18-21)16-10-12-4-6-14(16)8-12/h3-6,11-17H,7-10,22H2,1-2,21H3. The van der Waals surface area contributed by atoms with Crippen LogP contribution in [0.15, 0.2) is 24.3 Å². The fourth-order valence-corrected chi connectivity index (χ4v) is 17.8. The lowest BCUT2D eigenvalue weighted by molar-refractivity contribution is 0.272. The molecule has 4 bridgehead atoms. The first-order chi connectivity index (χ1) is 11.4. The summed E-state index contributed by atoms with van der Waals surface area (Å²) in [5, 5.41) is 0. The Bertz CT molecular complexity index is 554. The second-order valence-electron chi connectivity index (χ2n) is 8.50. The molecule has 0 aromatic carbocycles. The molecule has 4 rings (SSSR count). The third-order valence-electron chi connectivity index (χ3n) is 6.79. The van der Waals surface area contributed by atoms with Crippen molar-refractivity contribution in [2.45, 2.75) is 49.9 Å². The fourth-order valence-electron chi connectivity index (χ4n) is 5.65. The molecule has 8 atom stereocenters. The van der Waals surface area contributed by atoms with Gasteiger partial charge in [-0.05, 0) is 62.4 Å². The van der Waals surface area contributed by atoms with Gasteiger partial charge in [0.2, 0.25) is 0 Å². The molecule has 2 saturated carbocycles. The van der Waals surface area contributed by atoms with Crippen LogP contribution in [0.25, 0.3) is 0 Å². The molecule has 4 aliphatic carbocycles. The summed E-state index contributed by atoms with van der Waals surface area (Å²) in [6, 6.07) is 0. The Hall–Kier alpha value is 0.188. The van der Waals surface area contributed by atoms with Gasteiger partial charge in [0.25, 0.3) is 10.0 Å². The Kier molecular flexibility index (Phi) is 4.70. The van der Waals surface area contributed by atoms with Crippen molar-refractivity contribution in [3.8, 4) is 0 Å². The van der Waals surface area contributed by atoms with Gasteiger partial charge < -0.3 is 17.1 Å². The SMILES string of the molecule is C[Si](O)(O[Si](C)(O[SiH2]O[SiH3])C1CC2C=CC1C2)C1CC2C=CC1C2. The third-order valence-corrected chi connectivity index (χ3v) is 17.8. The first-order valence-corrected chi connectivity index (χ1v) is 16.1. The van der Waals surface area contributed by atoms with Crippen LogP contribution in [-0.4, -0.2) is 42.4 Å². The highest BCUT2D eigenvalue weighted by Crippen LogP contribution is 2.55. The normalized spacial score (nSPS) is 44.8. The van der Waals surface area contributed by atoms with Crippen molar-refractivity contribution in [3.63, 3.8) is 0 Å². The Morgan fingerprint density at radius 1 is 0.958 bits per heavy atom. The summed E-state index contributed by atoms with van der Waals surface area (Å²) in [6.07, 6.45) is 14.1. The maximum Gasteiger partial charge on any atom is 0.327 e. The van der Waals surface area contributed by atoms with E-state index in [1.807, 2.05) is 6.55 Å². The molecule has 24 heavy (non-hydrogen) atoms. The summed E-state index contributed by atoms with van der Waals surface area (Å²) < 4.78 is 18.6. The highest BCUT2D eigenvalue weighted by Gasteiger charge is 2.57. The van der Waals surface area contributed by atoms with Crippen LogP contribution in [0.3, 0.4) is 0 Å². The summed E-state index contributed by atoms with van der Waals surface area (Å²) in [4.78, 5) is 11.4. The lowest BCUT2D eigenvalue weighted by Gasteiger charge is -2.43. The lowest BCUT2D eigenvalue weighted by Crippen LogP contribution is -2.57. The zero-order valence-electron chi connectivity index (χ0n) is 15.0. The van der Waals surface area contributed by atoms with Gasteiger partial charge in [0, 0.05) is 11.1 Å². The molecule has 1 N–H and O–H groups in total. The lowest BCUT2D eigenvalue weighted by atomic mass is 10.1. The Morgan fingerprint density at radius 3 is 2.00 bits per heavy atom. The second kappa shape index (κ2) is 6.41. The van der Waals surface area contributed by atoms with Crippen LogP contribution < -0.4 is 0 Å². The average Bonchev–Trinajstić information content (AvgIpc) is 3.31. The molecule has 0 aliphatic heterocycles. The second-order valence-corrected chi connectivity index (χ2v) is 18.6. The van der Waals surface area contributed by atoms with Gasteiger partial charge in [-0.25, -0.2) is 0 Å². The molecule has 8 heteroatoms. The van der Waals surface area contributed by atoms with E-state index < -0.39 is 27.1 Å². The van der Waals surface area contributed by atoms with Gasteiger partial charge >= 0.3 is 17.1 Å². The molecule has 4 aliphatic rings. The first-order valence-electron chi connectivity index (χ1n) is 9.33. The zero-order valence-corrected chi connectivity index (χ0v) is 20.4. The van der Waals surface area contributed by atoms with E-state index in [0.717, 1.165) is 16.9 Å². The van der Waals surface area contributed by atoms with Gasteiger partial charge in [0.05, 0.1) is 0 Å². The van der Waals surface area contributed by atoms with Gasteiger partial charge in [0.1, 0.15) is 10.5 Å². The molecule has 4 nitrogen and oxygen atoms in total. The summed E-state index contributed by atoms with van der Waals surface area (Å²) in [7, 11) is -5.42. The molecule has 0 amide bonds. The molecule has 0 spiro atoms. The topological polar surface area (TPSA) is 47.9 Å². The van der Waals surface area contributed by atoms with E-state index in [0.29, 0.717) is 34.8 Å². The van der Waals surface area contributed by atoms with E-state index in [2.05, 4.69) is 30.9 Å². The molecular formula is C16H30O4Si4. The van der Waals surface area contributed by atoms with Crippen LogP contribution >= 0.6 is 0 Å². The van der Waals surface area contributed by atoms with E-state index in [1.165, 1.54) is 19.3 Å². The Morgan fingerprint density at radius 2 is 1.54 bits per heavy atom. The summed E-state index contributed by atoms with van der Waals surface area (Å²) in [5.41, 5.74) is 0.834. The minimum atomic E-state index is -2.76. The number of allylic oxidation sites excluding steroid dienone is 4. The maximum absolute atomic E-state index is 11.4. The third kappa shape index (κ3) is 3.05. The van der Waals surface area contributed by atoms with Crippen LogP contribution in [0.1, 0.15) is 25.7 Å². The summed E-state index contributed by atoms with van der Waals surface area (Å²) >= 11 is 0. The van der Waals surface area contributed by atoms with Crippen molar-refractivity contribution < 1.29 is 17.1 Å². The maximum atomic E-state index is 11.4. The Labute approximate surface area is 152 Å². The van der Waals surface area contributed by atoms with E-state index in [9.17, 15) is 4.80 Å². The van der Waals surface area contributed by atoms with E-state index in [4.69, 9.17) is 12.3 Å². The highest BCUT2D eigenvalue weighted by atomic mass is 28.5. The van der Waals surface area contributed by atoms with Crippen molar-refractivity contribution in [1.29, 1.82) is 0 Å². The van der Waals surface area contributed by atoms with Crippen LogP contribution in [0, 0.1) is 23.7 Å². The summed E-state index contributed by atoms with van der Waals surface area (Å²) in [5.74, 6) is 2.50. The molecular weight excluding hydrogens is 369 g/mol. The van der Waals surface area contributed by atoms with Crippen LogP contribution in [-0.2, 0) is 12.3 Å². The van der Waals surface area contributed by atoms with Gasteiger partial charge in [0.15, 0.2) is 0 Å². The zero-order chi connectivity index (χ0) is 16.9. The number of fused-ring (bicyclic) bond motifs is 4. The monoisotopic (exact) mass is 398 g/mol.